The van der Waals surface area contributed by atoms with E-state index in [4.69, 9.17) is 5.73 Å². The Morgan fingerprint density at radius 2 is 1.90 bits per heavy atom. The molecule has 3 rings (SSSR count). The average Bonchev–Trinajstić information content (AvgIpc) is 2.85. The molecule has 0 spiro atoms. The van der Waals surface area contributed by atoms with Gasteiger partial charge in [0, 0.05) is 18.3 Å². The fraction of sp³-hybridized carbons (Fsp3) is 0.222. The van der Waals surface area contributed by atoms with Gasteiger partial charge in [-0.05, 0) is 54.1 Å². The summed E-state index contributed by atoms with van der Waals surface area (Å²) in [5.74, 6) is 0. The minimum Gasteiger partial charge on any atom is -0.343 e. The quantitative estimate of drug-likeness (QED) is 0.768. The summed E-state index contributed by atoms with van der Waals surface area (Å²) in [5, 5.41) is 1.29. The second-order valence-electron chi connectivity index (χ2n) is 5.30. The largest absolute Gasteiger partial charge is 0.343 e. The van der Waals surface area contributed by atoms with E-state index in [1.807, 2.05) is 0 Å². The number of hydrogen-bond acceptors (Lipinski definition) is 1. The molecule has 20 heavy (non-hydrogen) atoms. The summed E-state index contributed by atoms with van der Waals surface area (Å²) in [6.07, 6.45) is 3.11. The Balaban J connectivity index is 1.99. The van der Waals surface area contributed by atoms with Gasteiger partial charge in [-0.3, -0.25) is 0 Å². The van der Waals surface area contributed by atoms with Gasteiger partial charge in [0.15, 0.2) is 0 Å². The minimum atomic E-state index is 0.698. The molecule has 0 saturated heterocycles. The van der Waals surface area contributed by atoms with Crippen LogP contribution in [0.2, 0.25) is 0 Å². The number of benzene rings is 2. The lowest BCUT2D eigenvalue weighted by Crippen LogP contribution is -2.03. The second-order valence-corrected chi connectivity index (χ2v) is 5.30. The first-order valence-corrected chi connectivity index (χ1v) is 7.10. The van der Waals surface area contributed by atoms with E-state index in [0.717, 1.165) is 13.0 Å². The zero-order valence-electron chi connectivity index (χ0n) is 11.8. The van der Waals surface area contributed by atoms with E-state index >= 15 is 0 Å². The first-order valence-electron chi connectivity index (χ1n) is 7.10. The van der Waals surface area contributed by atoms with Crippen LogP contribution < -0.4 is 5.73 Å². The molecule has 2 nitrogen and oxygen atoms in total. The molecule has 1 aromatic heterocycles. The number of nitrogens with zero attached hydrogens (tertiary/aromatic N) is 1. The number of rotatable bonds is 4. The van der Waals surface area contributed by atoms with Crippen molar-refractivity contribution in [3.05, 3.63) is 71.4 Å². The van der Waals surface area contributed by atoms with Gasteiger partial charge >= 0.3 is 0 Å². The normalized spacial score (nSPS) is 11.1. The van der Waals surface area contributed by atoms with Crippen molar-refractivity contribution in [1.82, 2.24) is 4.57 Å². The average molecular weight is 264 g/mol. The standard InChI is InChI=1S/C18H20N2/c1-14-4-2-3-5-17(14)13-20-11-9-16-7-6-15(8-10-19)12-18(16)20/h2-7,9,11-12H,8,10,13,19H2,1H3. The van der Waals surface area contributed by atoms with Crippen molar-refractivity contribution in [2.75, 3.05) is 6.54 Å². The van der Waals surface area contributed by atoms with Crippen LogP contribution in [0.4, 0.5) is 0 Å². The molecule has 0 aliphatic rings. The first-order chi connectivity index (χ1) is 9.78. The molecule has 0 radical (unpaired) electrons. The molecule has 2 N–H and O–H groups in total. The maximum Gasteiger partial charge on any atom is 0.0486 e. The van der Waals surface area contributed by atoms with Crippen molar-refractivity contribution < 1.29 is 0 Å². The lowest BCUT2D eigenvalue weighted by molar-refractivity contribution is 0.829. The van der Waals surface area contributed by atoms with Gasteiger partial charge in [-0.1, -0.05) is 36.4 Å². The van der Waals surface area contributed by atoms with Crippen LogP contribution >= 0.6 is 0 Å². The Hall–Kier alpha value is -2.06. The molecule has 102 valence electrons. The van der Waals surface area contributed by atoms with E-state index in [0.29, 0.717) is 6.54 Å². The third-order valence-corrected chi connectivity index (χ3v) is 3.87. The lowest BCUT2D eigenvalue weighted by atomic mass is 10.1. The second kappa shape index (κ2) is 5.51. The van der Waals surface area contributed by atoms with Gasteiger partial charge < -0.3 is 10.3 Å². The maximum atomic E-state index is 5.65. The molecule has 0 aliphatic heterocycles. The number of aromatic nitrogens is 1. The zero-order valence-corrected chi connectivity index (χ0v) is 11.8. The third-order valence-electron chi connectivity index (χ3n) is 3.87. The fourth-order valence-corrected chi connectivity index (χ4v) is 2.66. The summed E-state index contributed by atoms with van der Waals surface area (Å²) in [7, 11) is 0. The van der Waals surface area contributed by atoms with Crippen LogP contribution in [0, 0.1) is 6.92 Å². The van der Waals surface area contributed by atoms with Gasteiger partial charge in [-0.15, -0.1) is 0 Å². The summed E-state index contributed by atoms with van der Waals surface area (Å²) in [6, 6.07) is 17.4. The van der Waals surface area contributed by atoms with Crippen molar-refractivity contribution in [3.63, 3.8) is 0 Å². The van der Waals surface area contributed by atoms with Crippen LogP contribution in [0.25, 0.3) is 10.9 Å². The van der Waals surface area contributed by atoms with Gasteiger partial charge in [0.25, 0.3) is 0 Å². The molecule has 0 fully saturated rings. The Kier molecular flexibility index (Phi) is 3.57. The Morgan fingerprint density at radius 3 is 2.70 bits per heavy atom. The molecule has 0 bridgehead atoms. The highest BCUT2D eigenvalue weighted by atomic mass is 14.9. The number of fused-ring (bicyclic) bond motifs is 1. The highest BCUT2D eigenvalue weighted by Crippen LogP contribution is 2.20. The zero-order chi connectivity index (χ0) is 13.9. The first kappa shape index (κ1) is 12.9. The van der Waals surface area contributed by atoms with Crippen LogP contribution in [-0.2, 0) is 13.0 Å². The molecular weight excluding hydrogens is 244 g/mol. The van der Waals surface area contributed by atoms with Gasteiger partial charge in [-0.2, -0.15) is 0 Å². The molecule has 2 aromatic carbocycles. The summed E-state index contributed by atoms with van der Waals surface area (Å²) >= 11 is 0. The van der Waals surface area contributed by atoms with E-state index in [1.54, 1.807) is 0 Å². The van der Waals surface area contributed by atoms with Crippen molar-refractivity contribution in [3.8, 4) is 0 Å². The Morgan fingerprint density at radius 1 is 1.05 bits per heavy atom. The molecule has 0 amide bonds. The summed E-state index contributed by atoms with van der Waals surface area (Å²) in [5.41, 5.74) is 11.0. The topological polar surface area (TPSA) is 30.9 Å². The highest BCUT2D eigenvalue weighted by Gasteiger charge is 2.04. The van der Waals surface area contributed by atoms with E-state index in [-0.39, 0.29) is 0 Å². The predicted molar refractivity (Wildman–Crippen MR) is 85.0 cm³/mol. The molecule has 3 aromatic rings. The number of aryl methyl sites for hydroxylation is 1. The van der Waals surface area contributed by atoms with E-state index in [9.17, 15) is 0 Å². The molecule has 0 saturated carbocycles. The summed E-state index contributed by atoms with van der Waals surface area (Å²) in [6.45, 7) is 3.78. The lowest BCUT2D eigenvalue weighted by Gasteiger charge is -2.09. The van der Waals surface area contributed by atoms with E-state index in [1.165, 1.54) is 27.6 Å². The molecule has 2 heteroatoms. The molecule has 0 atom stereocenters. The Bertz CT molecular complexity index is 725. The van der Waals surface area contributed by atoms with Gasteiger partial charge in [0.2, 0.25) is 0 Å². The van der Waals surface area contributed by atoms with Gasteiger partial charge in [-0.25, -0.2) is 0 Å². The molecule has 0 unspecified atom stereocenters. The van der Waals surface area contributed by atoms with Crippen molar-refractivity contribution in [1.29, 1.82) is 0 Å². The van der Waals surface area contributed by atoms with Crippen molar-refractivity contribution in [2.24, 2.45) is 5.73 Å². The number of nitrogens with two attached hydrogens (primary N) is 1. The van der Waals surface area contributed by atoms with Crippen molar-refractivity contribution in [2.45, 2.75) is 19.9 Å². The molecular formula is C18H20N2. The SMILES string of the molecule is Cc1ccccc1Cn1ccc2ccc(CCN)cc21. The number of hydrogen-bond donors (Lipinski definition) is 1. The summed E-state index contributed by atoms with van der Waals surface area (Å²) < 4.78 is 2.32. The smallest absolute Gasteiger partial charge is 0.0486 e. The molecule has 1 heterocycles. The van der Waals surface area contributed by atoms with E-state index in [2.05, 4.69) is 66.2 Å². The van der Waals surface area contributed by atoms with Crippen LogP contribution in [0.3, 0.4) is 0 Å². The summed E-state index contributed by atoms with van der Waals surface area (Å²) in [4.78, 5) is 0. The van der Waals surface area contributed by atoms with Gasteiger partial charge in [0.05, 0.1) is 0 Å². The maximum absolute atomic E-state index is 5.65. The minimum absolute atomic E-state index is 0.698. The van der Waals surface area contributed by atoms with Crippen LogP contribution in [0.1, 0.15) is 16.7 Å². The van der Waals surface area contributed by atoms with Crippen LogP contribution in [0.5, 0.6) is 0 Å². The van der Waals surface area contributed by atoms with E-state index < -0.39 is 0 Å². The third kappa shape index (κ3) is 2.47. The van der Waals surface area contributed by atoms with Crippen LogP contribution in [-0.4, -0.2) is 11.1 Å². The monoisotopic (exact) mass is 264 g/mol. The van der Waals surface area contributed by atoms with Crippen LogP contribution in [0.15, 0.2) is 54.7 Å². The van der Waals surface area contributed by atoms with Gasteiger partial charge in [0.1, 0.15) is 0 Å². The molecule has 0 aliphatic carbocycles. The Labute approximate surface area is 119 Å². The predicted octanol–water partition coefficient (Wildman–Crippen LogP) is 3.50. The highest BCUT2D eigenvalue weighted by molar-refractivity contribution is 5.81. The fourth-order valence-electron chi connectivity index (χ4n) is 2.66. The van der Waals surface area contributed by atoms with Crippen molar-refractivity contribution >= 4 is 10.9 Å².